The van der Waals surface area contributed by atoms with Gasteiger partial charge in [0.05, 0.1) is 12.7 Å². The van der Waals surface area contributed by atoms with Crippen molar-refractivity contribution in [3.05, 3.63) is 23.9 Å². The van der Waals surface area contributed by atoms with Gasteiger partial charge in [-0.1, -0.05) is 6.07 Å². The number of rotatable bonds is 3. The van der Waals surface area contributed by atoms with Gasteiger partial charge in [-0.15, -0.1) is 0 Å². The quantitative estimate of drug-likeness (QED) is 0.709. The summed E-state index contributed by atoms with van der Waals surface area (Å²) in [5.41, 5.74) is 0.343. The van der Waals surface area contributed by atoms with Crippen molar-refractivity contribution < 1.29 is 9.84 Å². The van der Waals surface area contributed by atoms with Gasteiger partial charge in [0.1, 0.15) is 0 Å². The molecule has 0 spiro atoms. The smallest absolute Gasteiger partial charge is 0.216 e. The first kappa shape index (κ1) is 9.43. The lowest BCUT2D eigenvalue weighted by molar-refractivity contribution is -0.00953. The van der Waals surface area contributed by atoms with Gasteiger partial charge in [-0.05, 0) is 6.07 Å². The molecule has 1 aliphatic rings. The predicted molar refractivity (Wildman–Crippen MR) is 52.3 cm³/mol. The minimum Gasteiger partial charge on any atom is -0.481 e. The van der Waals surface area contributed by atoms with E-state index in [-0.39, 0.29) is 0 Å². The van der Waals surface area contributed by atoms with E-state index in [1.807, 2.05) is 12.1 Å². The Morgan fingerprint density at radius 1 is 1.64 bits per heavy atom. The highest BCUT2D eigenvalue weighted by atomic mass is 16.5. The zero-order valence-corrected chi connectivity index (χ0v) is 8.16. The number of aromatic nitrogens is 1. The van der Waals surface area contributed by atoms with Crippen LogP contribution in [-0.2, 0) is 6.42 Å². The largest absolute Gasteiger partial charge is 0.481 e. The van der Waals surface area contributed by atoms with Crippen LogP contribution < -0.4 is 10.1 Å². The molecule has 4 heteroatoms. The number of hydrogen-bond donors (Lipinski definition) is 2. The van der Waals surface area contributed by atoms with Crippen LogP contribution in [0.4, 0.5) is 0 Å². The van der Waals surface area contributed by atoms with Gasteiger partial charge in [-0.3, -0.25) is 0 Å². The Labute approximate surface area is 82.9 Å². The molecule has 14 heavy (non-hydrogen) atoms. The molecule has 0 saturated carbocycles. The number of ether oxygens (including phenoxy) is 1. The van der Waals surface area contributed by atoms with Crippen LogP contribution in [0.15, 0.2) is 18.3 Å². The number of aliphatic hydroxyl groups is 1. The predicted octanol–water partition coefficient (Wildman–Crippen LogP) is -0.0330. The molecule has 4 nitrogen and oxygen atoms in total. The summed E-state index contributed by atoms with van der Waals surface area (Å²) in [6, 6.07) is 3.79. The highest BCUT2D eigenvalue weighted by Crippen LogP contribution is 2.22. The maximum atomic E-state index is 9.94. The summed E-state index contributed by atoms with van der Waals surface area (Å²) in [7, 11) is 1.59. The number of hydrogen-bond acceptors (Lipinski definition) is 4. The third-order valence-electron chi connectivity index (χ3n) is 2.47. The van der Waals surface area contributed by atoms with Crippen molar-refractivity contribution in [1.82, 2.24) is 10.3 Å². The Kier molecular flexibility index (Phi) is 2.39. The SMILES string of the molecule is COc1ncccc1CC1(O)CNC1. The van der Waals surface area contributed by atoms with Crippen molar-refractivity contribution in [2.45, 2.75) is 12.0 Å². The Hall–Kier alpha value is -1.13. The Morgan fingerprint density at radius 3 is 3.00 bits per heavy atom. The fourth-order valence-corrected chi connectivity index (χ4v) is 1.64. The number of β-amino-alcohol motifs (C(OH)–C–C–N with tert-alkyl or cyclic N) is 1. The first-order valence-electron chi connectivity index (χ1n) is 4.64. The van der Waals surface area contributed by atoms with Crippen LogP contribution in [0, 0.1) is 0 Å². The van der Waals surface area contributed by atoms with Gasteiger partial charge in [0.25, 0.3) is 0 Å². The number of nitrogens with one attached hydrogen (secondary N) is 1. The summed E-state index contributed by atoms with van der Waals surface area (Å²) in [6.45, 7) is 1.29. The van der Waals surface area contributed by atoms with E-state index in [9.17, 15) is 5.11 Å². The molecule has 2 heterocycles. The molecule has 1 saturated heterocycles. The van der Waals surface area contributed by atoms with Gasteiger partial charge < -0.3 is 15.2 Å². The number of pyridine rings is 1. The molecule has 0 unspecified atom stereocenters. The molecule has 0 aromatic carbocycles. The second-order valence-corrected chi connectivity index (χ2v) is 3.68. The first-order chi connectivity index (χ1) is 6.73. The summed E-state index contributed by atoms with van der Waals surface area (Å²) in [6.07, 6.45) is 2.28. The maximum absolute atomic E-state index is 9.94. The molecule has 76 valence electrons. The molecule has 0 amide bonds. The summed E-state index contributed by atoms with van der Waals surface area (Å²) in [4.78, 5) is 4.09. The molecule has 2 N–H and O–H groups in total. The highest BCUT2D eigenvalue weighted by Gasteiger charge is 2.35. The van der Waals surface area contributed by atoms with E-state index in [4.69, 9.17) is 4.74 Å². The van der Waals surface area contributed by atoms with Crippen molar-refractivity contribution in [3.63, 3.8) is 0 Å². The fraction of sp³-hybridized carbons (Fsp3) is 0.500. The molecule has 0 atom stereocenters. The van der Waals surface area contributed by atoms with Gasteiger partial charge >= 0.3 is 0 Å². The van der Waals surface area contributed by atoms with Gasteiger partial charge in [-0.2, -0.15) is 0 Å². The number of nitrogens with zero attached hydrogens (tertiary/aromatic N) is 1. The molecule has 0 radical (unpaired) electrons. The average molecular weight is 194 g/mol. The molecular weight excluding hydrogens is 180 g/mol. The molecular formula is C10H14N2O2. The van der Waals surface area contributed by atoms with Crippen molar-refractivity contribution in [1.29, 1.82) is 0 Å². The molecule has 2 rings (SSSR count). The van der Waals surface area contributed by atoms with Crippen LogP contribution in [-0.4, -0.2) is 35.9 Å². The van der Waals surface area contributed by atoms with Crippen molar-refractivity contribution in [2.75, 3.05) is 20.2 Å². The zero-order chi connectivity index (χ0) is 10.0. The molecule has 1 aromatic heterocycles. The second kappa shape index (κ2) is 3.55. The highest BCUT2D eigenvalue weighted by molar-refractivity contribution is 5.28. The van der Waals surface area contributed by atoms with Crippen molar-refractivity contribution in [2.24, 2.45) is 0 Å². The number of methoxy groups -OCH3 is 1. The third kappa shape index (κ3) is 1.71. The van der Waals surface area contributed by atoms with E-state index >= 15 is 0 Å². The minimum absolute atomic E-state index is 0.594. The van der Waals surface area contributed by atoms with Crippen LogP contribution >= 0.6 is 0 Å². The van der Waals surface area contributed by atoms with E-state index in [1.54, 1.807) is 13.3 Å². The lowest BCUT2D eigenvalue weighted by atomic mass is 9.89. The monoisotopic (exact) mass is 194 g/mol. The van der Waals surface area contributed by atoms with Gasteiger partial charge in [0.2, 0.25) is 5.88 Å². The van der Waals surface area contributed by atoms with Crippen molar-refractivity contribution >= 4 is 0 Å². The fourth-order valence-electron chi connectivity index (χ4n) is 1.64. The van der Waals surface area contributed by atoms with E-state index in [2.05, 4.69) is 10.3 Å². The molecule has 0 bridgehead atoms. The lowest BCUT2D eigenvalue weighted by Crippen LogP contribution is -2.60. The van der Waals surface area contributed by atoms with Crippen molar-refractivity contribution in [3.8, 4) is 5.88 Å². The molecule has 0 aliphatic carbocycles. The van der Waals surface area contributed by atoms with Gasteiger partial charge in [0, 0.05) is 31.3 Å². The summed E-state index contributed by atoms with van der Waals surface area (Å²) in [5.74, 6) is 0.604. The minimum atomic E-state index is -0.615. The van der Waals surface area contributed by atoms with Crippen LogP contribution in [0.5, 0.6) is 5.88 Å². The molecule has 1 aliphatic heterocycles. The van der Waals surface area contributed by atoms with Gasteiger partial charge in [-0.25, -0.2) is 4.98 Å². The topological polar surface area (TPSA) is 54.4 Å². The summed E-state index contributed by atoms with van der Waals surface area (Å²) in [5, 5.41) is 13.0. The Balaban J connectivity index is 2.15. The maximum Gasteiger partial charge on any atom is 0.216 e. The Bertz CT molecular complexity index is 324. The zero-order valence-electron chi connectivity index (χ0n) is 8.16. The van der Waals surface area contributed by atoms with E-state index in [1.165, 1.54) is 0 Å². The van der Waals surface area contributed by atoms with E-state index in [0.29, 0.717) is 25.4 Å². The first-order valence-corrected chi connectivity index (χ1v) is 4.64. The molecule has 1 aromatic rings. The van der Waals surface area contributed by atoms with E-state index in [0.717, 1.165) is 5.56 Å². The second-order valence-electron chi connectivity index (χ2n) is 3.68. The standard InChI is InChI=1S/C10H14N2O2/c1-14-9-8(3-2-4-12-9)5-10(13)6-11-7-10/h2-4,11,13H,5-7H2,1H3. The lowest BCUT2D eigenvalue weighted by Gasteiger charge is -2.37. The normalized spacial score (nSPS) is 18.7. The third-order valence-corrected chi connectivity index (χ3v) is 2.47. The van der Waals surface area contributed by atoms with Crippen LogP contribution in [0.3, 0.4) is 0 Å². The van der Waals surface area contributed by atoms with Crippen LogP contribution in [0.1, 0.15) is 5.56 Å². The Morgan fingerprint density at radius 2 is 2.43 bits per heavy atom. The summed E-state index contributed by atoms with van der Waals surface area (Å²) < 4.78 is 5.12. The van der Waals surface area contributed by atoms with Crippen LogP contribution in [0.2, 0.25) is 0 Å². The molecule has 1 fully saturated rings. The van der Waals surface area contributed by atoms with Gasteiger partial charge in [0.15, 0.2) is 0 Å². The van der Waals surface area contributed by atoms with E-state index < -0.39 is 5.60 Å². The summed E-state index contributed by atoms with van der Waals surface area (Å²) >= 11 is 0. The average Bonchev–Trinajstić information content (AvgIpc) is 2.16. The van der Waals surface area contributed by atoms with Crippen LogP contribution in [0.25, 0.3) is 0 Å².